The number of amides is 2. The highest BCUT2D eigenvalue weighted by Crippen LogP contribution is 2.40. The van der Waals surface area contributed by atoms with Crippen LogP contribution < -0.4 is 31.0 Å². The molecule has 0 aliphatic carbocycles. The number of carbonyl (C=O) groups excluding carboxylic acids is 2. The van der Waals surface area contributed by atoms with E-state index in [2.05, 4.69) is 20.1 Å². The largest absolute Gasteiger partial charge is 0.493 e. The summed E-state index contributed by atoms with van der Waals surface area (Å²) in [6.07, 6.45) is 0. The van der Waals surface area contributed by atoms with Crippen LogP contribution >= 0.6 is 23.2 Å². The van der Waals surface area contributed by atoms with Crippen molar-refractivity contribution in [2.24, 2.45) is 16.5 Å². The van der Waals surface area contributed by atoms with Crippen molar-refractivity contribution in [1.29, 1.82) is 0 Å². The summed E-state index contributed by atoms with van der Waals surface area (Å²) in [5.74, 6) is 0.469. The molecule has 4 rings (SSSR count). The van der Waals surface area contributed by atoms with Gasteiger partial charge in [0, 0.05) is 61.6 Å². The highest BCUT2D eigenvalue weighted by Gasteiger charge is 2.23. The van der Waals surface area contributed by atoms with Crippen LogP contribution in [0.5, 0.6) is 17.2 Å². The van der Waals surface area contributed by atoms with E-state index in [0.717, 1.165) is 37.3 Å². The zero-order chi connectivity index (χ0) is 31.1. The van der Waals surface area contributed by atoms with Crippen LogP contribution in [0.15, 0.2) is 53.5 Å². The molecular weight excluding hydrogens is 595 g/mol. The number of carbonyl (C=O) groups is 2. The third-order valence-corrected chi connectivity index (χ3v) is 7.80. The monoisotopic (exact) mass is 628 g/mol. The second kappa shape index (κ2) is 14.4. The molecule has 0 atom stereocenters. The van der Waals surface area contributed by atoms with E-state index < -0.39 is 11.8 Å². The molecule has 0 unspecified atom stereocenters. The second-order valence-corrected chi connectivity index (χ2v) is 10.7. The number of guanidine groups is 1. The number of hydrogen-bond donors (Lipinski definition) is 3. The molecule has 2 amide bonds. The fraction of sp³-hybridized carbons (Fsp3) is 0.300. The summed E-state index contributed by atoms with van der Waals surface area (Å²) in [5.41, 5.74) is 13.6. The van der Waals surface area contributed by atoms with Crippen molar-refractivity contribution in [2.45, 2.75) is 13.1 Å². The third-order valence-electron chi connectivity index (χ3n) is 7.06. The maximum absolute atomic E-state index is 13.1. The lowest BCUT2D eigenvalue weighted by Crippen LogP contribution is -2.45. The van der Waals surface area contributed by atoms with Crippen LogP contribution in [0.3, 0.4) is 0 Å². The SMILES string of the molecule is COc1ccc(CN2CCN(Cc3ccc(C(=O)N=C(N)N)cc3NC(=O)c3ccc(Cl)c(Cl)c3)CC2)c(OC)c1OC. The minimum Gasteiger partial charge on any atom is -0.493 e. The molecule has 1 aliphatic heterocycles. The number of ether oxygens (including phenoxy) is 3. The molecule has 1 fully saturated rings. The Kier molecular flexibility index (Phi) is 10.7. The van der Waals surface area contributed by atoms with E-state index in [1.165, 1.54) is 6.07 Å². The summed E-state index contributed by atoms with van der Waals surface area (Å²) < 4.78 is 16.6. The van der Waals surface area contributed by atoms with Crippen molar-refractivity contribution >= 4 is 46.7 Å². The summed E-state index contributed by atoms with van der Waals surface area (Å²) in [6.45, 7) is 4.41. The summed E-state index contributed by atoms with van der Waals surface area (Å²) in [5, 5.41) is 3.51. The predicted molar refractivity (Wildman–Crippen MR) is 168 cm³/mol. The van der Waals surface area contributed by atoms with Crippen LogP contribution in [-0.4, -0.2) is 75.1 Å². The number of nitrogens with zero attached hydrogens (tertiary/aromatic N) is 3. The van der Waals surface area contributed by atoms with Crippen molar-refractivity contribution in [3.05, 3.63) is 80.8 Å². The molecule has 11 nitrogen and oxygen atoms in total. The maximum Gasteiger partial charge on any atom is 0.280 e. The fourth-order valence-electron chi connectivity index (χ4n) is 4.85. The van der Waals surface area contributed by atoms with Crippen LogP contribution in [0.25, 0.3) is 0 Å². The van der Waals surface area contributed by atoms with Crippen LogP contribution in [0.2, 0.25) is 10.0 Å². The first-order valence-corrected chi connectivity index (χ1v) is 14.1. The van der Waals surface area contributed by atoms with Gasteiger partial charge in [0.1, 0.15) is 0 Å². The normalized spacial score (nSPS) is 13.7. The topological polar surface area (TPSA) is 145 Å². The predicted octanol–water partition coefficient (Wildman–Crippen LogP) is 4.00. The number of aliphatic imine (C=N–C) groups is 1. The van der Waals surface area contributed by atoms with Crippen LogP contribution in [-0.2, 0) is 13.1 Å². The molecule has 3 aromatic carbocycles. The molecule has 1 aliphatic rings. The van der Waals surface area contributed by atoms with E-state index in [1.54, 1.807) is 51.7 Å². The molecule has 5 N–H and O–H groups in total. The van der Waals surface area contributed by atoms with Gasteiger partial charge in [0.2, 0.25) is 5.75 Å². The average Bonchev–Trinajstić information content (AvgIpc) is 2.99. The van der Waals surface area contributed by atoms with Gasteiger partial charge in [-0.1, -0.05) is 35.3 Å². The minimum atomic E-state index is -0.615. The first-order valence-electron chi connectivity index (χ1n) is 13.4. The number of rotatable bonds is 10. The number of hydrogen-bond acceptors (Lipinski definition) is 7. The van der Waals surface area contributed by atoms with Gasteiger partial charge in [0.15, 0.2) is 17.5 Å². The van der Waals surface area contributed by atoms with Gasteiger partial charge in [-0.3, -0.25) is 19.4 Å². The van der Waals surface area contributed by atoms with Gasteiger partial charge in [-0.15, -0.1) is 0 Å². The molecule has 1 saturated heterocycles. The Morgan fingerprint density at radius 2 is 1.40 bits per heavy atom. The molecule has 43 heavy (non-hydrogen) atoms. The third kappa shape index (κ3) is 7.88. The second-order valence-electron chi connectivity index (χ2n) is 9.84. The zero-order valence-electron chi connectivity index (χ0n) is 24.2. The van der Waals surface area contributed by atoms with E-state index in [4.69, 9.17) is 48.9 Å². The number of benzene rings is 3. The Balaban J connectivity index is 1.49. The average molecular weight is 630 g/mol. The van der Waals surface area contributed by atoms with Gasteiger partial charge in [-0.25, -0.2) is 0 Å². The van der Waals surface area contributed by atoms with Crippen LogP contribution in [0, 0.1) is 0 Å². The molecule has 0 spiro atoms. The Morgan fingerprint density at radius 3 is 1.98 bits per heavy atom. The molecule has 0 aromatic heterocycles. The quantitative estimate of drug-likeness (QED) is 0.224. The Labute approximate surface area is 260 Å². The van der Waals surface area contributed by atoms with Gasteiger partial charge in [-0.2, -0.15) is 4.99 Å². The number of halogens is 2. The summed E-state index contributed by atoms with van der Waals surface area (Å²) in [6, 6.07) is 13.5. The molecule has 3 aromatic rings. The molecule has 13 heteroatoms. The summed E-state index contributed by atoms with van der Waals surface area (Å²) >= 11 is 12.1. The lowest BCUT2D eigenvalue weighted by atomic mass is 10.1. The molecule has 0 bridgehead atoms. The van der Waals surface area contributed by atoms with Crippen molar-refractivity contribution in [3.63, 3.8) is 0 Å². The van der Waals surface area contributed by atoms with Crippen molar-refractivity contribution in [3.8, 4) is 17.2 Å². The van der Waals surface area contributed by atoms with Crippen LogP contribution in [0.1, 0.15) is 31.8 Å². The molecular formula is C30H34Cl2N6O5. The highest BCUT2D eigenvalue weighted by atomic mass is 35.5. The number of nitrogens with one attached hydrogen (secondary N) is 1. The molecule has 1 heterocycles. The lowest BCUT2D eigenvalue weighted by Gasteiger charge is -2.35. The van der Waals surface area contributed by atoms with Crippen LogP contribution in [0.4, 0.5) is 5.69 Å². The first-order chi connectivity index (χ1) is 20.6. The van der Waals surface area contributed by atoms with Gasteiger partial charge < -0.3 is 31.0 Å². The highest BCUT2D eigenvalue weighted by molar-refractivity contribution is 6.42. The standard InChI is InChI=1S/C30H34Cl2N6O5/c1-41-25-9-7-21(26(42-2)27(25)43-3)17-38-12-10-37(11-13-38)16-20-5-4-19(29(40)36-30(33)34)15-24(20)35-28(39)18-6-8-22(31)23(32)14-18/h4-9,14-15H,10-13,16-17H2,1-3H3,(H,35,39)(H4,33,34,36,40). The van der Waals surface area contributed by atoms with Gasteiger partial charge in [0.05, 0.1) is 31.4 Å². The number of anilines is 1. The zero-order valence-corrected chi connectivity index (χ0v) is 25.7. The van der Waals surface area contributed by atoms with Gasteiger partial charge in [-0.05, 0) is 42.0 Å². The van der Waals surface area contributed by atoms with Gasteiger partial charge >= 0.3 is 0 Å². The molecule has 0 radical (unpaired) electrons. The Bertz CT molecular complexity index is 1520. The van der Waals surface area contributed by atoms with E-state index in [1.807, 2.05) is 12.1 Å². The van der Waals surface area contributed by atoms with Crippen molar-refractivity contribution in [1.82, 2.24) is 9.80 Å². The smallest absolute Gasteiger partial charge is 0.280 e. The lowest BCUT2D eigenvalue weighted by molar-refractivity contribution is 0.0998. The fourth-order valence-corrected chi connectivity index (χ4v) is 5.15. The Hall–Kier alpha value is -4.03. The van der Waals surface area contributed by atoms with Crippen molar-refractivity contribution < 1.29 is 23.8 Å². The summed E-state index contributed by atoms with van der Waals surface area (Å²) in [7, 11) is 4.80. The van der Waals surface area contributed by atoms with E-state index in [0.29, 0.717) is 46.6 Å². The van der Waals surface area contributed by atoms with Gasteiger partial charge in [0.25, 0.3) is 11.8 Å². The number of nitrogens with two attached hydrogens (primary N) is 2. The van der Waals surface area contributed by atoms with Crippen molar-refractivity contribution in [2.75, 3.05) is 52.8 Å². The van der Waals surface area contributed by atoms with E-state index >= 15 is 0 Å². The molecule has 228 valence electrons. The maximum atomic E-state index is 13.1. The van der Waals surface area contributed by atoms with E-state index in [9.17, 15) is 9.59 Å². The number of piperazine rings is 1. The number of methoxy groups -OCH3 is 3. The van der Waals surface area contributed by atoms with E-state index in [-0.39, 0.29) is 16.5 Å². The summed E-state index contributed by atoms with van der Waals surface area (Å²) in [4.78, 5) is 33.9. The first kappa shape index (κ1) is 31.9. The Morgan fingerprint density at radius 1 is 0.791 bits per heavy atom. The molecule has 0 saturated carbocycles. The minimum absolute atomic E-state index is 0.232.